The fourth-order valence-electron chi connectivity index (χ4n) is 3.89. The van der Waals surface area contributed by atoms with Crippen molar-refractivity contribution in [1.29, 1.82) is 0 Å². The quantitative estimate of drug-likeness (QED) is 0.524. The highest BCUT2D eigenvalue weighted by atomic mass is 32.1. The summed E-state index contributed by atoms with van der Waals surface area (Å²) in [5.74, 6) is 1.58. The molecule has 1 aliphatic carbocycles. The molecule has 1 aromatic carbocycles. The van der Waals surface area contributed by atoms with Gasteiger partial charge < -0.3 is 5.32 Å². The standard InChI is InChI=1S/C21H29N5O2S/c1-13-7-6-10-16(14(13)2)23-21(29)25-24-19(27)12-11-18-22-17-9-5-4-8-15(17)20(28)26(18)3/h4-5,8-9,13-14,16H,6-7,10-12H2,1-3H3,(H,24,27)(H2,23,25,29)/t13-,14-,16+/m1/s1. The van der Waals surface area contributed by atoms with Gasteiger partial charge >= 0.3 is 0 Å². The summed E-state index contributed by atoms with van der Waals surface area (Å²) >= 11 is 5.32. The number of nitrogens with one attached hydrogen (secondary N) is 3. The number of aryl methyl sites for hydroxylation is 1. The number of thiocarbonyl (C=S) groups is 1. The lowest BCUT2D eigenvalue weighted by molar-refractivity contribution is -0.121. The maximum atomic E-state index is 12.4. The number of benzene rings is 1. The molecule has 0 saturated heterocycles. The summed E-state index contributed by atoms with van der Waals surface area (Å²) in [6.45, 7) is 4.51. The van der Waals surface area contributed by atoms with Gasteiger partial charge in [-0.25, -0.2) is 4.98 Å². The summed E-state index contributed by atoms with van der Waals surface area (Å²) in [7, 11) is 1.68. The predicted octanol–water partition coefficient (Wildman–Crippen LogP) is 2.19. The van der Waals surface area contributed by atoms with Crippen LogP contribution >= 0.6 is 12.2 Å². The van der Waals surface area contributed by atoms with Crippen molar-refractivity contribution in [3.63, 3.8) is 0 Å². The van der Waals surface area contributed by atoms with Crippen molar-refractivity contribution in [3.05, 3.63) is 40.4 Å². The van der Waals surface area contributed by atoms with Crippen LogP contribution < -0.4 is 21.7 Å². The number of para-hydroxylation sites is 1. The van der Waals surface area contributed by atoms with E-state index in [0.29, 0.717) is 46.1 Å². The van der Waals surface area contributed by atoms with Gasteiger partial charge in [-0.1, -0.05) is 38.8 Å². The number of hydrogen-bond donors (Lipinski definition) is 3. The molecule has 1 fully saturated rings. The van der Waals surface area contributed by atoms with E-state index in [4.69, 9.17) is 12.2 Å². The highest BCUT2D eigenvalue weighted by Gasteiger charge is 2.27. The number of carbonyl (C=O) groups is 1. The van der Waals surface area contributed by atoms with Crippen LogP contribution in [0.5, 0.6) is 0 Å². The Kier molecular flexibility index (Phi) is 6.84. The van der Waals surface area contributed by atoms with E-state index in [2.05, 4.69) is 35.0 Å². The topological polar surface area (TPSA) is 88.1 Å². The molecular weight excluding hydrogens is 386 g/mol. The number of hydrogen-bond acceptors (Lipinski definition) is 4. The van der Waals surface area contributed by atoms with Gasteiger partial charge in [0.25, 0.3) is 5.56 Å². The fourth-order valence-corrected chi connectivity index (χ4v) is 4.09. The average molecular weight is 416 g/mol. The molecular formula is C21H29N5O2S. The fraction of sp³-hybridized carbons (Fsp3) is 0.524. The molecule has 156 valence electrons. The van der Waals surface area contributed by atoms with Crippen LogP contribution in [0.3, 0.4) is 0 Å². The number of fused-ring (bicyclic) bond motifs is 1. The summed E-state index contributed by atoms with van der Waals surface area (Å²) < 4.78 is 1.50. The van der Waals surface area contributed by atoms with Crippen molar-refractivity contribution in [1.82, 2.24) is 25.7 Å². The Balaban J connectivity index is 1.50. The van der Waals surface area contributed by atoms with Crippen molar-refractivity contribution in [2.24, 2.45) is 18.9 Å². The normalized spacial score (nSPS) is 21.6. The van der Waals surface area contributed by atoms with E-state index in [-0.39, 0.29) is 17.9 Å². The molecule has 3 rings (SSSR count). The minimum Gasteiger partial charge on any atom is -0.358 e. The number of nitrogens with zero attached hydrogens (tertiary/aromatic N) is 2. The van der Waals surface area contributed by atoms with Crippen LogP contribution in [0.2, 0.25) is 0 Å². The van der Waals surface area contributed by atoms with Gasteiger partial charge in [-0.3, -0.25) is 25.0 Å². The largest absolute Gasteiger partial charge is 0.358 e. The molecule has 1 aromatic heterocycles. The molecule has 0 bridgehead atoms. The average Bonchev–Trinajstić information content (AvgIpc) is 2.71. The smallest absolute Gasteiger partial charge is 0.261 e. The summed E-state index contributed by atoms with van der Waals surface area (Å²) in [5, 5.41) is 4.32. The Hall–Kier alpha value is -2.48. The van der Waals surface area contributed by atoms with Crippen LogP contribution in [0.1, 0.15) is 45.4 Å². The Labute approximate surface area is 176 Å². The lowest BCUT2D eigenvalue weighted by Gasteiger charge is -2.35. The first-order valence-electron chi connectivity index (χ1n) is 10.2. The predicted molar refractivity (Wildman–Crippen MR) is 118 cm³/mol. The van der Waals surface area contributed by atoms with Gasteiger partial charge in [-0.15, -0.1) is 0 Å². The maximum Gasteiger partial charge on any atom is 0.261 e. The lowest BCUT2D eigenvalue weighted by Crippen LogP contribution is -2.52. The molecule has 0 radical (unpaired) electrons. The highest BCUT2D eigenvalue weighted by molar-refractivity contribution is 7.80. The molecule has 1 saturated carbocycles. The van der Waals surface area contributed by atoms with Gasteiger partial charge in [0.15, 0.2) is 5.11 Å². The van der Waals surface area contributed by atoms with Crippen LogP contribution in [0.25, 0.3) is 10.9 Å². The molecule has 0 unspecified atom stereocenters. The SMILES string of the molecule is C[C@@H]1[C@H](C)CCC[C@@H]1NC(=S)NNC(=O)CCc1nc2ccccc2c(=O)n1C. The van der Waals surface area contributed by atoms with E-state index in [1.54, 1.807) is 19.2 Å². The second kappa shape index (κ2) is 9.35. The lowest BCUT2D eigenvalue weighted by atomic mass is 9.78. The van der Waals surface area contributed by atoms with Crippen molar-refractivity contribution in [2.75, 3.05) is 0 Å². The third-order valence-corrected chi connectivity index (χ3v) is 6.21. The Morgan fingerprint density at radius 2 is 2.00 bits per heavy atom. The molecule has 0 aliphatic heterocycles. The van der Waals surface area contributed by atoms with E-state index in [1.165, 1.54) is 17.4 Å². The van der Waals surface area contributed by atoms with Crippen molar-refractivity contribution in [2.45, 2.75) is 52.0 Å². The molecule has 29 heavy (non-hydrogen) atoms. The van der Waals surface area contributed by atoms with Gasteiger partial charge in [0, 0.05) is 25.9 Å². The molecule has 0 spiro atoms. The molecule has 8 heteroatoms. The number of carbonyl (C=O) groups excluding carboxylic acids is 1. The van der Waals surface area contributed by atoms with Crippen LogP contribution in [0.15, 0.2) is 29.1 Å². The van der Waals surface area contributed by atoms with Crippen LogP contribution in [-0.4, -0.2) is 26.6 Å². The van der Waals surface area contributed by atoms with Gasteiger partial charge in [-0.2, -0.15) is 0 Å². The number of aromatic nitrogens is 2. The van der Waals surface area contributed by atoms with Gasteiger partial charge in [0.1, 0.15) is 5.82 Å². The summed E-state index contributed by atoms with van der Waals surface area (Å²) in [4.78, 5) is 29.2. The van der Waals surface area contributed by atoms with E-state index < -0.39 is 0 Å². The zero-order chi connectivity index (χ0) is 21.0. The molecule has 1 amide bonds. The number of hydrazine groups is 1. The first kappa shape index (κ1) is 21.2. The van der Waals surface area contributed by atoms with Gasteiger partial charge in [-0.05, 0) is 42.6 Å². The Bertz CT molecular complexity index is 958. The summed E-state index contributed by atoms with van der Waals surface area (Å²) in [6.07, 6.45) is 4.09. The Morgan fingerprint density at radius 1 is 1.24 bits per heavy atom. The minimum atomic E-state index is -0.207. The number of rotatable bonds is 4. The zero-order valence-electron chi connectivity index (χ0n) is 17.2. The first-order valence-corrected chi connectivity index (χ1v) is 10.6. The summed E-state index contributed by atoms with van der Waals surface area (Å²) in [6, 6.07) is 7.55. The van der Waals surface area contributed by atoms with Crippen LogP contribution in [0, 0.1) is 11.8 Å². The molecule has 1 heterocycles. The van der Waals surface area contributed by atoms with Crippen molar-refractivity contribution < 1.29 is 4.79 Å². The van der Waals surface area contributed by atoms with Crippen molar-refractivity contribution in [3.8, 4) is 0 Å². The molecule has 3 N–H and O–H groups in total. The van der Waals surface area contributed by atoms with Gasteiger partial charge in [0.05, 0.1) is 10.9 Å². The van der Waals surface area contributed by atoms with Crippen molar-refractivity contribution >= 4 is 34.1 Å². The maximum absolute atomic E-state index is 12.4. The second-order valence-electron chi connectivity index (χ2n) is 7.93. The van der Waals surface area contributed by atoms with E-state index in [0.717, 1.165) is 6.42 Å². The van der Waals surface area contributed by atoms with E-state index in [9.17, 15) is 9.59 Å². The highest BCUT2D eigenvalue weighted by Crippen LogP contribution is 2.29. The van der Waals surface area contributed by atoms with Gasteiger partial charge in [0.2, 0.25) is 5.91 Å². The third-order valence-electron chi connectivity index (χ3n) is 5.99. The first-order chi connectivity index (χ1) is 13.9. The monoisotopic (exact) mass is 415 g/mol. The number of amides is 1. The minimum absolute atomic E-state index is 0.106. The van der Waals surface area contributed by atoms with E-state index >= 15 is 0 Å². The molecule has 2 aromatic rings. The molecule has 1 aliphatic rings. The van der Waals surface area contributed by atoms with Crippen LogP contribution in [-0.2, 0) is 18.3 Å². The van der Waals surface area contributed by atoms with E-state index in [1.807, 2.05) is 12.1 Å². The summed E-state index contributed by atoms with van der Waals surface area (Å²) in [5.41, 5.74) is 5.96. The molecule has 7 nitrogen and oxygen atoms in total. The zero-order valence-corrected chi connectivity index (χ0v) is 18.0. The Morgan fingerprint density at radius 3 is 2.79 bits per heavy atom. The second-order valence-corrected chi connectivity index (χ2v) is 8.34. The van der Waals surface area contributed by atoms with Crippen LogP contribution in [0.4, 0.5) is 0 Å². The molecule has 3 atom stereocenters. The third kappa shape index (κ3) is 5.12.